The number of carbonyl (C=O) groups excluding carboxylic acids is 2. The van der Waals surface area contributed by atoms with E-state index in [-0.39, 0.29) is 23.1 Å². The highest BCUT2D eigenvalue weighted by Gasteiger charge is 2.50. The first-order valence-electron chi connectivity index (χ1n) is 9.47. The van der Waals surface area contributed by atoms with Gasteiger partial charge in [0.15, 0.2) is 0 Å². The van der Waals surface area contributed by atoms with Gasteiger partial charge in [0.25, 0.3) is 5.91 Å². The molecule has 144 valence electrons. The van der Waals surface area contributed by atoms with E-state index in [0.717, 1.165) is 12.8 Å². The van der Waals surface area contributed by atoms with Gasteiger partial charge < -0.3 is 14.9 Å². The highest BCUT2D eigenvalue weighted by atomic mass is 19.1. The van der Waals surface area contributed by atoms with Crippen LogP contribution >= 0.6 is 0 Å². The second-order valence-electron chi connectivity index (χ2n) is 8.10. The van der Waals surface area contributed by atoms with Crippen molar-refractivity contribution in [3.63, 3.8) is 0 Å². The van der Waals surface area contributed by atoms with E-state index >= 15 is 0 Å². The summed E-state index contributed by atoms with van der Waals surface area (Å²) >= 11 is 0. The molecule has 0 aromatic heterocycles. The molecule has 1 N–H and O–H groups in total. The lowest BCUT2D eigenvalue weighted by Crippen LogP contribution is -2.45. The van der Waals surface area contributed by atoms with Crippen LogP contribution in [0.25, 0.3) is 0 Å². The quantitative estimate of drug-likeness (QED) is 0.879. The zero-order chi connectivity index (χ0) is 19.2. The predicted molar refractivity (Wildman–Crippen MR) is 94.4 cm³/mol. The average Bonchev–Trinajstić information content (AvgIpc) is 3.44. The number of piperidine rings is 1. The Bertz CT molecular complexity index is 767. The lowest BCUT2D eigenvalue weighted by atomic mass is 9.76. The maximum atomic E-state index is 13.1. The molecule has 4 rings (SSSR count). The van der Waals surface area contributed by atoms with Crippen LogP contribution < -0.4 is 0 Å². The molecule has 2 saturated heterocycles. The number of halogens is 1. The van der Waals surface area contributed by atoms with E-state index in [1.165, 1.54) is 29.2 Å². The van der Waals surface area contributed by atoms with Crippen molar-refractivity contribution in [3.05, 3.63) is 35.6 Å². The molecule has 0 radical (unpaired) electrons. The van der Waals surface area contributed by atoms with Gasteiger partial charge in [0.05, 0.1) is 0 Å². The van der Waals surface area contributed by atoms with E-state index in [4.69, 9.17) is 0 Å². The Hall–Kier alpha value is -2.44. The van der Waals surface area contributed by atoms with Gasteiger partial charge in [-0.2, -0.15) is 0 Å². The van der Waals surface area contributed by atoms with Gasteiger partial charge >= 0.3 is 5.97 Å². The maximum absolute atomic E-state index is 13.1. The summed E-state index contributed by atoms with van der Waals surface area (Å²) < 4.78 is 13.1. The maximum Gasteiger partial charge on any atom is 0.326 e. The van der Waals surface area contributed by atoms with Gasteiger partial charge in [-0.05, 0) is 61.8 Å². The number of carboxylic acids is 1. The normalized spacial score (nSPS) is 24.3. The van der Waals surface area contributed by atoms with Gasteiger partial charge in [0, 0.05) is 31.1 Å². The van der Waals surface area contributed by atoms with Crippen LogP contribution in [0.5, 0.6) is 0 Å². The first-order chi connectivity index (χ1) is 12.9. The molecule has 7 heteroatoms. The summed E-state index contributed by atoms with van der Waals surface area (Å²) in [7, 11) is 0. The topological polar surface area (TPSA) is 77.9 Å². The van der Waals surface area contributed by atoms with Crippen LogP contribution in [0.3, 0.4) is 0 Å². The summed E-state index contributed by atoms with van der Waals surface area (Å²) in [4.78, 5) is 40.2. The smallest absolute Gasteiger partial charge is 0.326 e. The number of hydrogen-bond donors (Lipinski definition) is 1. The van der Waals surface area contributed by atoms with Gasteiger partial charge in [-0.1, -0.05) is 0 Å². The van der Waals surface area contributed by atoms with Crippen LogP contribution in [0.2, 0.25) is 0 Å². The van der Waals surface area contributed by atoms with Crippen molar-refractivity contribution >= 4 is 17.8 Å². The second kappa shape index (κ2) is 6.62. The number of amides is 2. The molecule has 1 aromatic carbocycles. The molecule has 1 atom stereocenters. The van der Waals surface area contributed by atoms with Crippen LogP contribution in [0, 0.1) is 17.2 Å². The molecule has 2 amide bonds. The Morgan fingerprint density at radius 1 is 1.07 bits per heavy atom. The SMILES string of the molecule is O=C(O)C1CC2(CCN(C(=O)C3CC3)CC2)CN1C(=O)c1ccc(F)cc1. The summed E-state index contributed by atoms with van der Waals surface area (Å²) in [5, 5.41) is 9.64. The van der Waals surface area contributed by atoms with Gasteiger partial charge in [0.2, 0.25) is 5.91 Å². The van der Waals surface area contributed by atoms with Gasteiger partial charge in [-0.3, -0.25) is 9.59 Å². The van der Waals surface area contributed by atoms with E-state index in [1.807, 2.05) is 4.90 Å². The van der Waals surface area contributed by atoms with Crippen molar-refractivity contribution < 1.29 is 23.9 Å². The predicted octanol–water partition coefficient (Wildman–Crippen LogP) is 2.14. The van der Waals surface area contributed by atoms with E-state index in [2.05, 4.69) is 0 Å². The van der Waals surface area contributed by atoms with Crippen molar-refractivity contribution in [2.75, 3.05) is 19.6 Å². The third kappa shape index (κ3) is 3.42. The van der Waals surface area contributed by atoms with Gasteiger partial charge in [-0.25, -0.2) is 9.18 Å². The second-order valence-corrected chi connectivity index (χ2v) is 8.10. The molecule has 2 heterocycles. The van der Waals surface area contributed by atoms with Gasteiger partial charge in [0.1, 0.15) is 11.9 Å². The van der Waals surface area contributed by atoms with Crippen LogP contribution in [-0.2, 0) is 9.59 Å². The molecule has 1 saturated carbocycles. The lowest BCUT2D eigenvalue weighted by Gasteiger charge is -2.39. The minimum Gasteiger partial charge on any atom is -0.480 e. The van der Waals surface area contributed by atoms with E-state index in [1.54, 1.807) is 0 Å². The Morgan fingerprint density at radius 2 is 1.70 bits per heavy atom. The minimum atomic E-state index is -1.01. The molecule has 0 bridgehead atoms. The number of nitrogens with zero attached hydrogens (tertiary/aromatic N) is 2. The first-order valence-corrected chi connectivity index (χ1v) is 9.47. The third-order valence-electron chi connectivity index (χ3n) is 6.21. The molecule has 1 spiro atoms. The number of carbonyl (C=O) groups is 3. The zero-order valence-corrected chi connectivity index (χ0v) is 15.1. The zero-order valence-electron chi connectivity index (χ0n) is 15.1. The molecule has 6 nitrogen and oxygen atoms in total. The fourth-order valence-electron chi connectivity index (χ4n) is 4.40. The molecule has 3 fully saturated rings. The summed E-state index contributed by atoms with van der Waals surface area (Å²) in [6, 6.07) is 4.30. The molecule has 1 aliphatic carbocycles. The van der Waals surface area contributed by atoms with Crippen LogP contribution in [-0.4, -0.2) is 58.4 Å². The molecule has 2 aliphatic heterocycles. The Balaban J connectivity index is 1.48. The van der Waals surface area contributed by atoms with E-state index in [9.17, 15) is 23.9 Å². The standard InChI is InChI=1S/C20H23FN2O4/c21-15-5-3-14(4-6-15)18(25)23-12-20(11-16(23)19(26)27)7-9-22(10-8-20)17(24)13-1-2-13/h3-6,13,16H,1-2,7-12H2,(H,26,27). The molecule has 3 aliphatic rings. The van der Waals surface area contributed by atoms with Crippen molar-refractivity contribution in [1.82, 2.24) is 9.80 Å². The number of hydrogen-bond acceptors (Lipinski definition) is 3. The first kappa shape index (κ1) is 17.9. The van der Waals surface area contributed by atoms with Crippen molar-refractivity contribution in [3.8, 4) is 0 Å². The third-order valence-corrected chi connectivity index (χ3v) is 6.21. The number of carboxylic acid groups (broad SMARTS) is 1. The van der Waals surface area contributed by atoms with Crippen LogP contribution in [0.1, 0.15) is 42.5 Å². The Kier molecular flexibility index (Phi) is 4.40. The largest absolute Gasteiger partial charge is 0.480 e. The van der Waals surface area contributed by atoms with E-state index < -0.39 is 17.8 Å². The highest BCUT2D eigenvalue weighted by molar-refractivity contribution is 5.97. The number of benzene rings is 1. The minimum absolute atomic E-state index is 0.186. The number of rotatable bonds is 3. The highest BCUT2D eigenvalue weighted by Crippen LogP contribution is 2.45. The summed E-state index contributed by atoms with van der Waals surface area (Å²) in [6.07, 6.45) is 3.77. The summed E-state index contributed by atoms with van der Waals surface area (Å²) in [6.45, 7) is 1.62. The fraction of sp³-hybridized carbons (Fsp3) is 0.550. The van der Waals surface area contributed by atoms with Crippen LogP contribution in [0.15, 0.2) is 24.3 Å². The molecule has 1 aromatic rings. The van der Waals surface area contributed by atoms with Crippen LogP contribution in [0.4, 0.5) is 4.39 Å². The number of aliphatic carboxylic acids is 1. The monoisotopic (exact) mass is 374 g/mol. The molecular formula is C20H23FN2O4. The van der Waals surface area contributed by atoms with Crippen molar-refractivity contribution in [2.24, 2.45) is 11.3 Å². The van der Waals surface area contributed by atoms with Gasteiger partial charge in [-0.15, -0.1) is 0 Å². The summed E-state index contributed by atoms with van der Waals surface area (Å²) in [5.41, 5.74) is 0.0278. The lowest BCUT2D eigenvalue weighted by molar-refractivity contribution is -0.141. The molecule has 27 heavy (non-hydrogen) atoms. The molecular weight excluding hydrogens is 351 g/mol. The Morgan fingerprint density at radius 3 is 2.26 bits per heavy atom. The number of likely N-dealkylation sites (tertiary alicyclic amines) is 2. The van der Waals surface area contributed by atoms with Crippen molar-refractivity contribution in [1.29, 1.82) is 0 Å². The average molecular weight is 374 g/mol. The van der Waals surface area contributed by atoms with E-state index in [0.29, 0.717) is 44.5 Å². The Labute approximate surface area is 156 Å². The molecule has 1 unspecified atom stereocenters. The fourth-order valence-corrected chi connectivity index (χ4v) is 4.40. The van der Waals surface area contributed by atoms with Crippen molar-refractivity contribution in [2.45, 2.75) is 38.1 Å². The summed E-state index contributed by atoms with van der Waals surface area (Å²) in [5.74, 6) is -1.43.